The van der Waals surface area contributed by atoms with Crippen molar-refractivity contribution in [1.29, 1.82) is 0 Å². The molecule has 0 atom stereocenters. The van der Waals surface area contributed by atoms with Crippen molar-refractivity contribution in [1.82, 2.24) is 30.8 Å². The summed E-state index contributed by atoms with van der Waals surface area (Å²) in [4.78, 5) is 33.7. The first kappa shape index (κ1) is 44.6. The van der Waals surface area contributed by atoms with E-state index in [1.807, 2.05) is 18.2 Å². The lowest BCUT2D eigenvalue weighted by Gasteiger charge is -2.15. The first-order valence-electron chi connectivity index (χ1n) is 19.3. The van der Waals surface area contributed by atoms with E-state index in [9.17, 15) is 9.59 Å². The fraction of sp³-hybridized carbons (Fsp3) is 0.217. The number of methoxy groups -OCH3 is 2. The molecule has 4 aromatic carbocycles. The van der Waals surface area contributed by atoms with Crippen LogP contribution in [0.15, 0.2) is 109 Å². The molecule has 316 valence electrons. The van der Waals surface area contributed by atoms with Crippen LogP contribution >= 0.6 is 34.8 Å². The number of carbonyl (C=O) groups is 2. The molecule has 1 aliphatic heterocycles. The molecule has 2 aromatic heterocycles. The molecule has 1 fully saturated rings. The van der Waals surface area contributed by atoms with Gasteiger partial charge in [0.05, 0.1) is 49.8 Å². The largest absolute Gasteiger partial charge is 0.496 e. The van der Waals surface area contributed by atoms with E-state index in [4.69, 9.17) is 44.3 Å². The number of amides is 4. The Hall–Kier alpha value is -5.95. The molecular weight excluding hydrogens is 845 g/mol. The van der Waals surface area contributed by atoms with E-state index in [-0.39, 0.29) is 30.2 Å². The number of benzene rings is 4. The number of hydrogen-bond donors (Lipinski definition) is 3. The van der Waals surface area contributed by atoms with Crippen LogP contribution in [0.3, 0.4) is 0 Å². The van der Waals surface area contributed by atoms with E-state index < -0.39 is 0 Å². The third kappa shape index (κ3) is 11.9. The quantitative estimate of drug-likeness (QED) is 0.0939. The highest BCUT2D eigenvalue weighted by atomic mass is 35.5. The van der Waals surface area contributed by atoms with Crippen molar-refractivity contribution in [3.63, 3.8) is 0 Å². The number of urea groups is 2. The van der Waals surface area contributed by atoms with Gasteiger partial charge in [0.25, 0.3) is 0 Å². The number of aromatic nitrogens is 2. The normalized spacial score (nSPS) is 12.0. The minimum Gasteiger partial charge on any atom is -0.496 e. The number of ether oxygens (including phenoxy) is 2. The predicted octanol–water partition coefficient (Wildman–Crippen LogP) is 9.84. The zero-order valence-electron chi connectivity index (χ0n) is 33.4. The number of nitrogens with one attached hydrogen (secondary N) is 3. The van der Waals surface area contributed by atoms with Crippen LogP contribution in [0.2, 0.25) is 10.0 Å². The Morgan fingerprint density at radius 1 is 0.754 bits per heavy atom. The van der Waals surface area contributed by atoms with E-state index in [0.29, 0.717) is 106 Å². The summed E-state index contributed by atoms with van der Waals surface area (Å²) in [6, 6.07) is 28.1. The molecule has 0 bridgehead atoms. The van der Waals surface area contributed by atoms with Gasteiger partial charge in [0.15, 0.2) is 0 Å². The predicted molar refractivity (Wildman–Crippen MR) is 236 cm³/mol. The second-order valence-corrected chi connectivity index (χ2v) is 15.1. The standard InChI is InChI=1S/C23H22Cl2FN3O2.C23H21ClFN3O2/c1-31-20-8-6-17(22(26)21(20)16-3-2-4-18(25)12-16)11-15-5-7-19(28-13-15)14-29-23(30)27-10-9-24;1-30-20-8-6-17(22(25)21(20)16-3-2-4-18(24)12-16)11-15-5-7-19(27-13-15)14-28-10-9-26-23(28)29/h2-8,12-13H,9-11,14H2,1H3,(H2,27,29,30);2-8,12-13H,9-11,14H2,1H3,(H,26,29). The first-order valence-corrected chi connectivity index (χ1v) is 20.6. The third-order valence-electron chi connectivity index (χ3n) is 9.70. The van der Waals surface area contributed by atoms with Gasteiger partial charge in [-0.15, -0.1) is 11.6 Å². The maximum Gasteiger partial charge on any atom is 0.317 e. The van der Waals surface area contributed by atoms with Crippen LogP contribution in [0, 0.1) is 11.6 Å². The molecule has 1 aliphatic rings. The third-order valence-corrected chi connectivity index (χ3v) is 10.4. The molecule has 3 heterocycles. The van der Waals surface area contributed by atoms with Crippen LogP contribution in [-0.4, -0.2) is 66.7 Å². The zero-order chi connectivity index (χ0) is 43.3. The molecule has 7 rings (SSSR count). The number of alkyl halides is 1. The molecule has 15 heteroatoms. The Labute approximate surface area is 368 Å². The Bertz CT molecular complexity index is 2460. The lowest BCUT2D eigenvalue weighted by molar-refractivity contribution is 0.215. The monoisotopic (exact) mass is 886 g/mol. The van der Waals surface area contributed by atoms with E-state index in [1.54, 1.807) is 96.2 Å². The summed E-state index contributed by atoms with van der Waals surface area (Å²) in [7, 11) is 3.03. The minimum atomic E-state index is -0.358. The maximum atomic E-state index is 15.4. The fourth-order valence-corrected chi connectivity index (χ4v) is 7.13. The molecule has 1 saturated heterocycles. The summed E-state index contributed by atoms with van der Waals surface area (Å²) in [6.07, 6.45) is 4.16. The van der Waals surface area contributed by atoms with Gasteiger partial charge in [-0.05, 0) is 81.9 Å². The summed E-state index contributed by atoms with van der Waals surface area (Å²) in [5.74, 6) is 0.547. The molecule has 0 saturated carbocycles. The van der Waals surface area contributed by atoms with Gasteiger partial charge in [-0.1, -0.05) is 71.7 Å². The highest BCUT2D eigenvalue weighted by Crippen LogP contribution is 2.37. The summed E-state index contributed by atoms with van der Waals surface area (Å²) < 4.78 is 41.6. The Balaban J connectivity index is 0.000000204. The van der Waals surface area contributed by atoms with E-state index in [2.05, 4.69) is 25.9 Å². The molecular formula is C46H43Cl3F2N6O4. The first-order chi connectivity index (χ1) is 29.6. The van der Waals surface area contributed by atoms with Crippen molar-refractivity contribution < 1.29 is 27.8 Å². The van der Waals surface area contributed by atoms with Crippen LogP contribution in [-0.2, 0) is 25.9 Å². The second-order valence-electron chi connectivity index (χ2n) is 13.9. The van der Waals surface area contributed by atoms with Gasteiger partial charge < -0.3 is 30.3 Å². The lowest BCUT2D eigenvalue weighted by Crippen LogP contribution is -2.36. The second kappa shape index (κ2) is 21.5. The van der Waals surface area contributed by atoms with Crippen LogP contribution in [0.5, 0.6) is 11.5 Å². The van der Waals surface area contributed by atoms with Crippen molar-refractivity contribution in [3.05, 3.63) is 165 Å². The maximum absolute atomic E-state index is 15.4. The van der Waals surface area contributed by atoms with Crippen molar-refractivity contribution in [2.24, 2.45) is 0 Å². The number of halogens is 5. The summed E-state index contributed by atoms with van der Waals surface area (Å²) in [5, 5.41) is 9.14. The van der Waals surface area contributed by atoms with Gasteiger partial charge in [-0.2, -0.15) is 0 Å². The smallest absolute Gasteiger partial charge is 0.317 e. The van der Waals surface area contributed by atoms with Gasteiger partial charge in [-0.3, -0.25) is 9.97 Å². The molecule has 0 spiro atoms. The number of nitrogens with zero attached hydrogens (tertiary/aromatic N) is 3. The molecule has 61 heavy (non-hydrogen) atoms. The van der Waals surface area contributed by atoms with Gasteiger partial charge in [-0.25, -0.2) is 18.4 Å². The number of hydrogen-bond acceptors (Lipinski definition) is 6. The van der Waals surface area contributed by atoms with Gasteiger partial charge in [0.2, 0.25) is 0 Å². The van der Waals surface area contributed by atoms with Crippen LogP contribution < -0.4 is 25.4 Å². The number of pyridine rings is 2. The van der Waals surface area contributed by atoms with E-state index in [1.165, 1.54) is 14.2 Å². The highest BCUT2D eigenvalue weighted by Gasteiger charge is 2.21. The van der Waals surface area contributed by atoms with Crippen molar-refractivity contribution in [3.8, 4) is 33.8 Å². The molecule has 0 unspecified atom stereocenters. The molecule has 6 aromatic rings. The summed E-state index contributed by atoms with van der Waals surface area (Å²) in [6.45, 7) is 2.46. The zero-order valence-corrected chi connectivity index (χ0v) is 35.7. The number of carbonyl (C=O) groups excluding carboxylic acids is 2. The lowest BCUT2D eigenvalue weighted by atomic mass is 9.97. The SMILES string of the molecule is COc1ccc(Cc2ccc(CN3CCNC3=O)nc2)c(F)c1-c1cccc(Cl)c1.COc1ccc(Cc2ccc(CNC(=O)NCCCl)nc2)c(F)c1-c1cccc(Cl)c1. The van der Waals surface area contributed by atoms with Crippen LogP contribution in [0.25, 0.3) is 22.3 Å². The fourth-order valence-electron chi connectivity index (χ4n) is 6.65. The molecule has 3 N–H and O–H groups in total. The van der Waals surface area contributed by atoms with Crippen molar-refractivity contribution in [2.75, 3.05) is 39.7 Å². The Kier molecular flexibility index (Phi) is 15.7. The van der Waals surface area contributed by atoms with Crippen molar-refractivity contribution >= 4 is 46.9 Å². The van der Waals surface area contributed by atoms with Gasteiger partial charge in [0, 0.05) is 60.8 Å². The summed E-state index contributed by atoms with van der Waals surface area (Å²) in [5.41, 5.74) is 6.35. The topological polar surface area (TPSA) is 118 Å². The van der Waals surface area contributed by atoms with Gasteiger partial charge >= 0.3 is 12.1 Å². The molecule has 0 aliphatic carbocycles. The number of rotatable bonds is 14. The molecule has 4 amide bonds. The van der Waals surface area contributed by atoms with Crippen LogP contribution in [0.1, 0.15) is 33.6 Å². The van der Waals surface area contributed by atoms with E-state index >= 15 is 8.78 Å². The Morgan fingerprint density at radius 2 is 1.30 bits per heavy atom. The highest BCUT2D eigenvalue weighted by molar-refractivity contribution is 6.31. The molecule has 10 nitrogen and oxygen atoms in total. The minimum absolute atomic E-state index is 0.0743. The van der Waals surface area contributed by atoms with Crippen LogP contribution in [0.4, 0.5) is 18.4 Å². The average molecular weight is 888 g/mol. The summed E-state index contributed by atoms with van der Waals surface area (Å²) >= 11 is 17.7. The van der Waals surface area contributed by atoms with Gasteiger partial charge in [0.1, 0.15) is 23.1 Å². The van der Waals surface area contributed by atoms with Crippen molar-refractivity contribution in [2.45, 2.75) is 25.9 Å². The average Bonchev–Trinajstić information content (AvgIpc) is 3.67. The molecule has 0 radical (unpaired) electrons. The Morgan fingerprint density at radius 3 is 1.74 bits per heavy atom. The van der Waals surface area contributed by atoms with E-state index in [0.717, 1.165) is 16.8 Å².